The van der Waals surface area contributed by atoms with Gasteiger partial charge in [0, 0.05) is 12.8 Å². The molecule has 11 nitrogen and oxygen atoms in total. The van der Waals surface area contributed by atoms with Gasteiger partial charge in [-0.3, -0.25) is 23.4 Å². The summed E-state index contributed by atoms with van der Waals surface area (Å²) in [6.07, 6.45) is 68.8. The number of esters is 3. The van der Waals surface area contributed by atoms with E-state index in [4.69, 9.17) is 23.3 Å². The second-order valence-corrected chi connectivity index (χ2v) is 19.4. The average Bonchev–Trinajstić information content (AvgIpc) is 3.39. The van der Waals surface area contributed by atoms with Crippen LogP contribution in [-0.4, -0.2) is 66.5 Å². The van der Waals surface area contributed by atoms with Crippen molar-refractivity contribution in [1.82, 2.24) is 0 Å². The van der Waals surface area contributed by atoms with Gasteiger partial charge in [0.05, 0.1) is 26.2 Å². The summed E-state index contributed by atoms with van der Waals surface area (Å²) in [7, 11) is -4.79. The van der Waals surface area contributed by atoms with Crippen LogP contribution in [0.15, 0.2) is 134 Å². The third-order valence-electron chi connectivity index (χ3n) is 11.1. The molecule has 0 aliphatic heterocycles. The van der Waals surface area contributed by atoms with Crippen LogP contribution in [0.5, 0.6) is 0 Å². The molecule has 2 N–H and O–H groups in total. The molecular formula is C62H99O11P. The van der Waals surface area contributed by atoms with Crippen molar-refractivity contribution in [2.45, 2.75) is 213 Å². The first-order valence-corrected chi connectivity index (χ1v) is 29.6. The number of phosphoric acid groups is 1. The van der Waals surface area contributed by atoms with Gasteiger partial charge in [-0.2, -0.15) is 0 Å². The largest absolute Gasteiger partial charge is 0.472 e. The number of carbonyl (C=O) groups excluding carboxylic acids is 3. The molecule has 0 radical (unpaired) electrons. The molecule has 12 heteroatoms. The first-order valence-electron chi connectivity index (χ1n) is 28.1. The van der Waals surface area contributed by atoms with Crippen molar-refractivity contribution in [3.05, 3.63) is 134 Å². The first kappa shape index (κ1) is 69.6. The highest BCUT2D eigenvalue weighted by Crippen LogP contribution is 2.43. The summed E-state index contributed by atoms with van der Waals surface area (Å²) in [4.78, 5) is 48.4. The lowest BCUT2D eigenvalue weighted by Crippen LogP contribution is -2.30. The molecule has 0 spiro atoms. The molecule has 0 aromatic rings. The fraction of sp³-hybridized carbons (Fsp3) is 0.597. The fourth-order valence-electron chi connectivity index (χ4n) is 6.87. The number of hydrogen-bond acceptors (Lipinski definition) is 10. The Morgan fingerprint density at radius 3 is 1.22 bits per heavy atom. The van der Waals surface area contributed by atoms with E-state index in [1.54, 1.807) is 6.08 Å². The second kappa shape index (κ2) is 54.9. The van der Waals surface area contributed by atoms with Gasteiger partial charge in [0.25, 0.3) is 0 Å². The Balaban J connectivity index is 4.94. The molecule has 0 bridgehead atoms. The van der Waals surface area contributed by atoms with E-state index < -0.39 is 64.4 Å². The summed E-state index contributed by atoms with van der Waals surface area (Å²) in [6.45, 7) is 4.20. The van der Waals surface area contributed by atoms with Crippen LogP contribution in [0, 0.1) is 0 Å². The maximum atomic E-state index is 12.9. The summed E-state index contributed by atoms with van der Waals surface area (Å²) in [5.41, 5.74) is 0. The minimum Gasteiger partial charge on any atom is -0.461 e. The lowest BCUT2D eigenvalue weighted by atomic mass is 10.1. The molecule has 3 atom stereocenters. The zero-order valence-corrected chi connectivity index (χ0v) is 46.9. The summed E-state index contributed by atoms with van der Waals surface area (Å²) >= 11 is 0. The van der Waals surface area contributed by atoms with E-state index in [1.807, 2.05) is 24.3 Å². The van der Waals surface area contributed by atoms with Gasteiger partial charge in [-0.1, -0.05) is 206 Å². The zero-order chi connectivity index (χ0) is 54.1. The van der Waals surface area contributed by atoms with Gasteiger partial charge in [0.2, 0.25) is 0 Å². The van der Waals surface area contributed by atoms with Crippen LogP contribution >= 0.6 is 7.82 Å². The molecule has 0 rings (SSSR count). The molecule has 0 aromatic carbocycles. The average molecular weight is 1050 g/mol. The molecule has 0 fully saturated rings. The molecule has 74 heavy (non-hydrogen) atoms. The van der Waals surface area contributed by atoms with E-state index in [1.165, 1.54) is 38.5 Å². The smallest absolute Gasteiger partial charge is 0.461 e. The molecule has 0 heterocycles. The van der Waals surface area contributed by atoms with Gasteiger partial charge >= 0.3 is 25.7 Å². The summed E-state index contributed by atoms with van der Waals surface area (Å²) in [5.74, 6) is -1.71. The van der Waals surface area contributed by atoms with Crippen LogP contribution < -0.4 is 0 Å². The summed E-state index contributed by atoms with van der Waals surface area (Å²) in [5, 5.41) is 9.81. The Hall–Kier alpha value is -4.38. The van der Waals surface area contributed by atoms with Crippen molar-refractivity contribution < 1.29 is 52.2 Å². The highest BCUT2D eigenvalue weighted by atomic mass is 31.2. The lowest BCUT2D eigenvalue weighted by molar-refractivity contribution is -0.161. The van der Waals surface area contributed by atoms with Crippen LogP contribution in [0.4, 0.5) is 0 Å². The van der Waals surface area contributed by atoms with Crippen molar-refractivity contribution >= 4 is 25.7 Å². The normalized spacial score (nSPS) is 14.4. The van der Waals surface area contributed by atoms with E-state index in [0.717, 1.165) is 96.3 Å². The molecule has 0 aromatic heterocycles. The molecular weight excluding hydrogens is 952 g/mol. The van der Waals surface area contributed by atoms with E-state index in [9.17, 15) is 28.9 Å². The highest BCUT2D eigenvalue weighted by molar-refractivity contribution is 7.47. The quantitative estimate of drug-likeness (QED) is 0.0197. The van der Waals surface area contributed by atoms with Gasteiger partial charge in [0.15, 0.2) is 6.10 Å². The van der Waals surface area contributed by atoms with Crippen molar-refractivity contribution in [2.75, 3.05) is 26.4 Å². The van der Waals surface area contributed by atoms with E-state index in [2.05, 4.69) is 124 Å². The Bertz CT molecular complexity index is 1750. The fourth-order valence-corrected chi connectivity index (χ4v) is 7.65. The van der Waals surface area contributed by atoms with E-state index >= 15 is 0 Å². The predicted octanol–water partition coefficient (Wildman–Crippen LogP) is 16.6. The standard InChI is InChI=1S/C62H99O11P/c1-4-7-10-13-16-19-22-25-28-29-32-35-38-41-44-47-50-53-62(66)73-59(55-69-60(64)51-48-45-42-39-36-33-30-26-23-20-17-14-11-8-5-2)57-71-74(67,68)70-56-58(54-63)72-61(65)52-49-46-43-40-37-34-31-27-24-21-18-15-12-9-6-3/h7-8,10-11,16-17,19-20,25-28,30-32,35-36,39,41,44-45,48,58-59,63H,4-6,9,12-15,18,21-24,29,33-34,37-38,40,42-43,46-47,49-57H2,1-3H3,(H,67,68)/b10-7-,11-8-,19-16-,20-17-,28-25-,30-26-,31-27-,35-32-,39-36-,44-41-,48-45-. The molecule has 0 saturated carbocycles. The highest BCUT2D eigenvalue weighted by Gasteiger charge is 2.28. The van der Waals surface area contributed by atoms with Gasteiger partial charge in [0.1, 0.15) is 12.7 Å². The Morgan fingerprint density at radius 2 is 0.757 bits per heavy atom. The molecule has 0 aliphatic carbocycles. The zero-order valence-electron chi connectivity index (χ0n) is 46.0. The maximum Gasteiger partial charge on any atom is 0.472 e. The Kier molecular flexibility index (Phi) is 51.6. The lowest BCUT2D eigenvalue weighted by Gasteiger charge is -2.21. The number of allylic oxidation sites excluding steroid dienone is 21. The van der Waals surface area contributed by atoms with Gasteiger partial charge in [-0.05, 0) is 109 Å². The number of unbranched alkanes of at least 4 members (excludes halogenated alkanes) is 12. The number of rotatable bonds is 50. The van der Waals surface area contributed by atoms with E-state index in [-0.39, 0.29) is 19.3 Å². The minimum absolute atomic E-state index is 0.0254. The molecule has 3 unspecified atom stereocenters. The van der Waals surface area contributed by atoms with E-state index in [0.29, 0.717) is 25.7 Å². The second-order valence-electron chi connectivity index (χ2n) is 18.0. The van der Waals surface area contributed by atoms with Crippen molar-refractivity contribution in [2.24, 2.45) is 0 Å². The Labute approximate surface area is 449 Å². The number of hydrogen-bond donors (Lipinski definition) is 2. The van der Waals surface area contributed by atoms with Gasteiger partial charge in [-0.25, -0.2) is 4.57 Å². The summed E-state index contributed by atoms with van der Waals surface area (Å²) < 4.78 is 39.3. The number of phosphoric ester groups is 1. The van der Waals surface area contributed by atoms with Crippen molar-refractivity contribution in [3.63, 3.8) is 0 Å². The monoisotopic (exact) mass is 1050 g/mol. The third-order valence-corrected chi connectivity index (χ3v) is 12.0. The SMILES string of the molecule is CC/C=C\C/C=C\C/C=C\C/C=C\C/C=C\CCCC(=O)OC(COC(=O)C/C=C\C/C=C\C/C=C\C/C=C\C/C=C\CC)COP(=O)(O)OCC(CO)OC(=O)CCCCCCC/C=C\CCCCCCCC. The van der Waals surface area contributed by atoms with Crippen molar-refractivity contribution in [3.8, 4) is 0 Å². The number of aliphatic hydroxyl groups excluding tert-OH is 1. The third kappa shape index (κ3) is 52.5. The molecule has 0 amide bonds. The maximum absolute atomic E-state index is 12.9. The van der Waals surface area contributed by atoms with Crippen LogP contribution in [0.1, 0.15) is 201 Å². The predicted molar refractivity (Wildman–Crippen MR) is 306 cm³/mol. The molecule has 0 aliphatic rings. The number of carbonyl (C=O) groups is 3. The van der Waals surface area contributed by atoms with Gasteiger partial charge < -0.3 is 24.2 Å². The number of ether oxygens (including phenoxy) is 3. The molecule has 418 valence electrons. The van der Waals surface area contributed by atoms with Crippen LogP contribution in [-0.2, 0) is 42.2 Å². The minimum atomic E-state index is -4.79. The van der Waals surface area contributed by atoms with Crippen LogP contribution in [0.2, 0.25) is 0 Å². The topological polar surface area (TPSA) is 155 Å². The number of aliphatic hydroxyl groups is 1. The molecule has 0 saturated heterocycles. The van der Waals surface area contributed by atoms with Gasteiger partial charge in [-0.15, -0.1) is 0 Å². The van der Waals surface area contributed by atoms with Crippen LogP contribution in [0.3, 0.4) is 0 Å². The first-order chi connectivity index (χ1) is 36.2. The Morgan fingerprint density at radius 1 is 0.405 bits per heavy atom. The van der Waals surface area contributed by atoms with Crippen molar-refractivity contribution in [1.29, 1.82) is 0 Å². The summed E-state index contributed by atoms with van der Waals surface area (Å²) in [6, 6.07) is 0. The van der Waals surface area contributed by atoms with Crippen LogP contribution in [0.25, 0.3) is 0 Å².